The van der Waals surface area contributed by atoms with Gasteiger partial charge in [-0.15, -0.1) is 11.3 Å². The zero-order valence-corrected chi connectivity index (χ0v) is 18.9. The largest absolute Gasteiger partial charge is 0.462 e. The Labute approximate surface area is 196 Å². The monoisotopic (exact) mass is 489 g/mol. The maximum atomic E-state index is 12.8. The molecule has 0 aliphatic rings. The molecule has 170 valence electrons. The molecule has 1 aromatic heterocycles. The number of esters is 1. The van der Waals surface area contributed by atoms with Gasteiger partial charge in [-0.3, -0.25) is 25.0 Å². The number of carbonyl (C=O) groups is 2. The van der Waals surface area contributed by atoms with Gasteiger partial charge in [-0.2, -0.15) is 0 Å². The van der Waals surface area contributed by atoms with Crippen LogP contribution < -0.4 is 5.32 Å². The smallest absolute Gasteiger partial charge is 0.341 e. The number of rotatable bonds is 7. The molecule has 0 saturated heterocycles. The summed E-state index contributed by atoms with van der Waals surface area (Å²) in [5, 5.41) is 24.6. The number of non-ortho nitro benzene ring substituents is 2. The van der Waals surface area contributed by atoms with Crippen molar-refractivity contribution in [3.05, 3.63) is 83.7 Å². The first-order valence-corrected chi connectivity index (χ1v) is 10.6. The van der Waals surface area contributed by atoms with Crippen LogP contribution in [0.3, 0.4) is 0 Å². The van der Waals surface area contributed by atoms with Crippen molar-refractivity contribution in [2.24, 2.45) is 0 Å². The highest BCUT2D eigenvalue weighted by atomic mass is 35.5. The summed E-state index contributed by atoms with van der Waals surface area (Å²) in [4.78, 5) is 47.0. The number of halogens is 1. The molecule has 0 atom stereocenters. The number of aryl methyl sites for hydroxylation is 1. The third kappa shape index (κ3) is 4.99. The van der Waals surface area contributed by atoms with Gasteiger partial charge < -0.3 is 10.1 Å². The lowest BCUT2D eigenvalue weighted by Crippen LogP contribution is -2.15. The molecular formula is C21H16ClN3O7S. The molecule has 1 amide bonds. The minimum Gasteiger partial charge on any atom is -0.462 e. The van der Waals surface area contributed by atoms with Crippen LogP contribution in [-0.4, -0.2) is 28.3 Å². The maximum Gasteiger partial charge on any atom is 0.341 e. The van der Waals surface area contributed by atoms with Gasteiger partial charge >= 0.3 is 5.97 Å². The molecule has 0 fully saturated rings. The molecule has 1 N–H and O–H groups in total. The number of hydrogen-bond donors (Lipinski definition) is 1. The molecule has 33 heavy (non-hydrogen) atoms. The Morgan fingerprint density at radius 1 is 1.06 bits per heavy atom. The summed E-state index contributed by atoms with van der Waals surface area (Å²) in [7, 11) is 0. The Bertz CT molecular complexity index is 1270. The van der Waals surface area contributed by atoms with Gasteiger partial charge in [0.05, 0.1) is 27.0 Å². The zero-order valence-electron chi connectivity index (χ0n) is 17.3. The minimum absolute atomic E-state index is 0.0139. The SMILES string of the molecule is CCOC(=O)c1c(NC(=O)c2ccc([N+](=O)[O-])cc2Cl)sc(C)c1-c1ccc([N+](=O)[O-])cc1. The highest BCUT2D eigenvalue weighted by Gasteiger charge is 2.27. The van der Waals surface area contributed by atoms with Crippen molar-refractivity contribution in [1.82, 2.24) is 0 Å². The molecule has 0 bridgehead atoms. The van der Waals surface area contributed by atoms with Crippen molar-refractivity contribution in [2.75, 3.05) is 11.9 Å². The summed E-state index contributed by atoms with van der Waals surface area (Å²) >= 11 is 7.17. The first-order valence-electron chi connectivity index (χ1n) is 9.44. The number of anilines is 1. The van der Waals surface area contributed by atoms with Gasteiger partial charge in [0.15, 0.2) is 0 Å². The number of benzene rings is 2. The van der Waals surface area contributed by atoms with E-state index in [-0.39, 0.29) is 39.1 Å². The molecule has 0 spiro atoms. The Morgan fingerprint density at radius 3 is 2.21 bits per heavy atom. The van der Waals surface area contributed by atoms with Crippen LogP contribution in [-0.2, 0) is 4.74 Å². The summed E-state index contributed by atoms with van der Waals surface area (Å²) < 4.78 is 5.17. The summed E-state index contributed by atoms with van der Waals surface area (Å²) in [6, 6.07) is 9.08. The molecule has 0 unspecified atom stereocenters. The van der Waals surface area contributed by atoms with E-state index >= 15 is 0 Å². The fraction of sp³-hybridized carbons (Fsp3) is 0.143. The van der Waals surface area contributed by atoms with E-state index in [0.717, 1.165) is 23.5 Å². The molecule has 3 rings (SSSR count). The second kappa shape index (κ2) is 9.76. The van der Waals surface area contributed by atoms with Crippen LogP contribution in [0.2, 0.25) is 5.02 Å². The normalized spacial score (nSPS) is 10.5. The summed E-state index contributed by atoms with van der Waals surface area (Å²) in [6.07, 6.45) is 0. The predicted molar refractivity (Wildman–Crippen MR) is 123 cm³/mol. The lowest BCUT2D eigenvalue weighted by Gasteiger charge is -2.10. The second-order valence-electron chi connectivity index (χ2n) is 6.64. The molecular weight excluding hydrogens is 474 g/mol. The van der Waals surface area contributed by atoms with Crippen molar-refractivity contribution in [2.45, 2.75) is 13.8 Å². The number of nitrogens with zero attached hydrogens (tertiary/aromatic N) is 2. The quantitative estimate of drug-likeness (QED) is 0.257. The lowest BCUT2D eigenvalue weighted by atomic mass is 10.0. The highest BCUT2D eigenvalue weighted by Crippen LogP contribution is 2.41. The third-order valence-electron chi connectivity index (χ3n) is 4.57. The Balaban J connectivity index is 2.04. The van der Waals surface area contributed by atoms with E-state index in [1.165, 1.54) is 30.3 Å². The van der Waals surface area contributed by atoms with Crippen molar-refractivity contribution < 1.29 is 24.2 Å². The molecule has 0 aliphatic carbocycles. The standard InChI is InChI=1S/C21H16ClN3O7S/c1-3-32-21(27)18-17(12-4-6-13(7-5-12)24(28)29)11(2)33-20(18)23-19(26)15-9-8-14(25(30)31)10-16(15)22/h4-10H,3H2,1-2H3,(H,23,26). The number of nitro groups is 2. The Kier molecular flexibility index (Phi) is 7.04. The molecule has 0 radical (unpaired) electrons. The van der Waals surface area contributed by atoms with Gasteiger partial charge in [0.2, 0.25) is 0 Å². The van der Waals surface area contributed by atoms with Crippen LogP contribution in [0.5, 0.6) is 0 Å². The van der Waals surface area contributed by atoms with Gasteiger partial charge in [-0.05, 0) is 37.6 Å². The molecule has 0 saturated carbocycles. The molecule has 3 aromatic rings. The van der Waals surface area contributed by atoms with Gasteiger partial charge in [0.1, 0.15) is 10.6 Å². The van der Waals surface area contributed by atoms with Crippen molar-refractivity contribution in [1.29, 1.82) is 0 Å². The first kappa shape index (κ1) is 23.8. The number of nitrogens with one attached hydrogen (secondary N) is 1. The molecule has 12 heteroatoms. The maximum absolute atomic E-state index is 12.8. The van der Waals surface area contributed by atoms with E-state index in [4.69, 9.17) is 16.3 Å². The van der Waals surface area contributed by atoms with E-state index in [2.05, 4.69) is 5.32 Å². The zero-order chi connectivity index (χ0) is 24.3. The van der Waals surface area contributed by atoms with Gasteiger partial charge in [0.25, 0.3) is 17.3 Å². The van der Waals surface area contributed by atoms with Crippen LogP contribution in [0.25, 0.3) is 11.1 Å². The van der Waals surface area contributed by atoms with E-state index in [1.807, 2.05) is 0 Å². The van der Waals surface area contributed by atoms with Crippen LogP contribution in [0.15, 0.2) is 42.5 Å². The van der Waals surface area contributed by atoms with Gasteiger partial charge in [-0.25, -0.2) is 4.79 Å². The van der Waals surface area contributed by atoms with Crippen molar-refractivity contribution >= 4 is 51.2 Å². The molecule has 1 heterocycles. The van der Waals surface area contributed by atoms with E-state index in [0.29, 0.717) is 16.0 Å². The number of carbonyl (C=O) groups excluding carboxylic acids is 2. The minimum atomic E-state index is -0.680. The van der Waals surface area contributed by atoms with Crippen LogP contribution in [0.1, 0.15) is 32.5 Å². The number of nitro benzene ring substituents is 2. The predicted octanol–water partition coefficient (Wildman–Crippen LogP) is 5.62. The van der Waals surface area contributed by atoms with Crippen LogP contribution in [0.4, 0.5) is 16.4 Å². The first-order chi connectivity index (χ1) is 15.6. The summed E-state index contributed by atoms with van der Waals surface area (Å²) in [6.45, 7) is 3.46. The van der Waals surface area contributed by atoms with Crippen LogP contribution in [0, 0.1) is 27.2 Å². The fourth-order valence-corrected chi connectivity index (χ4v) is 4.42. The average Bonchev–Trinajstić information content (AvgIpc) is 3.09. The van der Waals surface area contributed by atoms with E-state index < -0.39 is 21.7 Å². The van der Waals surface area contributed by atoms with Crippen molar-refractivity contribution in [3.8, 4) is 11.1 Å². The van der Waals surface area contributed by atoms with Crippen LogP contribution >= 0.6 is 22.9 Å². The number of hydrogen-bond acceptors (Lipinski definition) is 8. The van der Waals surface area contributed by atoms with Gasteiger partial charge in [-0.1, -0.05) is 11.6 Å². The molecule has 2 aromatic carbocycles. The van der Waals surface area contributed by atoms with E-state index in [1.54, 1.807) is 13.8 Å². The second-order valence-corrected chi connectivity index (χ2v) is 8.27. The molecule has 0 aliphatic heterocycles. The summed E-state index contributed by atoms with van der Waals surface area (Å²) in [5.74, 6) is -1.35. The topological polar surface area (TPSA) is 142 Å². The molecule has 10 nitrogen and oxygen atoms in total. The van der Waals surface area contributed by atoms with E-state index in [9.17, 15) is 29.8 Å². The van der Waals surface area contributed by atoms with Crippen molar-refractivity contribution in [3.63, 3.8) is 0 Å². The average molecular weight is 490 g/mol. The van der Waals surface area contributed by atoms with Gasteiger partial charge in [0, 0.05) is 34.7 Å². The third-order valence-corrected chi connectivity index (χ3v) is 5.90. The Hall–Kier alpha value is -3.83. The lowest BCUT2D eigenvalue weighted by molar-refractivity contribution is -0.385. The number of ether oxygens (including phenoxy) is 1. The Morgan fingerprint density at radius 2 is 1.67 bits per heavy atom. The highest BCUT2D eigenvalue weighted by molar-refractivity contribution is 7.17. The summed E-state index contributed by atoms with van der Waals surface area (Å²) in [5.41, 5.74) is 0.714. The number of amides is 1. The number of thiophene rings is 1. The fourth-order valence-electron chi connectivity index (χ4n) is 3.10.